The van der Waals surface area contributed by atoms with Crippen LogP contribution < -0.4 is 10.1 Å². The average Bonchev–Trinajstić information content (AvgIpc) is 2.92. The first-order valence-corrected chi connectivity index (χ1v) is 6.86. The van der Waals surface area contributed by atoms with Gasteiger partial charge in [0.2, 0.25) is 0 Å². The Balaban J connectivity index is 2.13. The second-order valence-electron chi connectivity index (χ2n) is 4.87. The summed E-state index contributed by atoms with van der Waals surface area (Å²) in [6, 6.07) is 7.47. The van der Waals surface area contributed by atoms with Crippen LogP contribution in [0.25, 0.3) is 0 Å². The number of benzene rings is 1. The molecule has 1 aromatic carbocycles. The van der Waals surface area contributed by atoms with E-state index >= 15 is 0 Å². The molecule has 19 heavy (non-hydrogen) atoms. The minimum atomic E-state index is -0.345. The molecule has 0 heterocycles. The number of ether oxygens (including phenoxy) is 1. The van der Waals surface area contributed by atoms with Gasteiger partial charge in [0.05, 0.1) is 12.7 Å². The van der Waals surface area contributed by atoms with Gasteiger partial charge in [-0.1, -0.05) is 18.9 Å². The van der Waals surface area contributed by atoms with Crippen molar-refractivity contribution in [2.24, 2.45) is 0 Å². The van der Waals surface area contributed by atoms with Crippen LogP contribution in [-0.2, 0) is 0 Å². The van der Waals surface area contributed by atoms with Crippen molar-refractivity contribution in [2.45, 2.75) is 44.7 Å². The van der Waals surface area contributed by atoms with Gasteiger partial charge in [0.1, 0.15) is 6.04 Å². The number of nitrogens with one attached hydrogen (secondary N) is 1. The molecule has 0 aliphatic heterocycles. The van der Waals surface area contributed by atoms with Crippen molar-refractivity contribution in [3.63, 3.8) is 0 Å². The molecule has 1 fully saturated rings. The van der Waals surface area contributed by atoms with E-state index in [1.165, 1.54) is 12.8 Å². The van der Waals surface area contributed by atoms with Gasteiger partial charge in [-0.2, -0.15) is 5.26 Å². The van der Waals surface area contributed by atoms with E-state index in [0.29, 0.717) is 18.4 Å². The first-order valence-electron chi connectivity index (χ1n) is 6.86. The van der Waals surface area contributed by atoms with Crippen LogP contribution in [-0.4, -0.2) is 17.8 Å². The number of nitriles is 1. The summed E-state index contributed by atoms with van der Waals surface area (Å²) in [5.41, 5.74) is 0.843. The van der Waals surface area contributed by atoms with Gasteiger partial charge in [0.15, 0.2) is 11.5 Å². The van der Waals surface area contributed by atoms with E-state index in [4.69, 9.17) is 4.74 Å². The molecule has 1 saturated carbocycles. The Kier molecular flexibility index (Phi) is 4.64. The Bertz CT molecular complexity index is 462. The van der Waals surface area contributed by atoms with Crippen LogP contribution in [0, 0.1) is 11.3 Å². The van der Waals surface area contributed by atoms with E-state index in [1.54, 1.807) is 18.2 Å². The number of hydrogen-bond acceptors (Lipinski definition) is 4. The Morgan fingerprint density at radius 3 is 2.84 bits per heavy atom. The summed E-state index contributed by atoms with van der Waals surface area (Å²) in [6.45, 7) is 2.36. The zero-order valence-electron chi connectivity index (χ0n) is 11.2. The molecule has 4 heteroatoms. The summed E-state index contributed by atoms with van der Waals surface area (Å²) in [5, 5.41) is 22.4. The van der Waals surface area contributed by atoms with Crippen molar-refractivity contribution < 1.29 is 9.84 Å². The summed E-state index contributed by atoms with van der Waals surface area (Å²) in [4.78, 5) is 0. The highest BCUT2D eigenvalue weighted by Crippen LogP contribution is 2.30. The summed E-state index contributed by atoms with van der Waals surface area (Å²) in [6.07, 6.45) is 4.73. The van der Waals surface area contributed by atoms with E-state index in [9.17, 15) is 10.4 Å². The van der Waals surface area contributed by atoms with Crippen molar-refractivity contribution in [1.82, 2.24) is 5.32 Å². The maximum absolute atomic E-state index is 9.68. The molecule has 1 aromatic rings. The predicted molar refractivity (Wildman–Crippen MR) is 73.0 cm³/mol. The molecule has 0 radical (unpaired) electrons. The summed E-state index contributed by atoms with van der Waals surface area (Å²) < 4.78 is 5.35. The zero-order chi connectivity index (χ0) is 13.7. The van der Waals surface area contributed by atoms with Gasteiger partial charge in [0, 0.05) is 6.04 Å². The quantitative estimate of drug-likeness (QED) is 0.854. The van der Waals surface area contributed by atoms with Crippen LogP contribution in [0.2, 0.25) is 0 Å². The molecule has 0 bridgehead atoms. The molecule has 4 nitrogen and oxygen atoms in total. The highest BCUT2D eigenvalue weighted by molar-refractivity contribution is 5.43. The fraction of sp³-hybridized carbons (Fsp3) is 0.533. The van der Waals surface area contributed by atoms with Crippen molar-refractivity contribution in [2.75, 3.05) is 6.61 Å². The normalized spacial score (nSPS) is 17.1. The van der Waals surface area contributed by atoms with E-state index in [2.05, 4.69) is 11.4 Å². The molecule has 1 unspecified atom stereocenters. The molecule has 1 aliphatic carbocycles. The van der Waals surface area contributed by atoms with Crippen LogP contribution in [0.15, 0.2) is 18.2 Å². The van der Waals surface area contributed by atoms with Crippen molar-refractivity contribution >= 4 is 0 Å². The Hall–Kier alpha value is -1.73. The van der Waals surface area contributed by atoms with Crippen molar-refractivity contribution in [3.8, 4) is 17.6 Å². The van der Waals surface area contributed by atoms with Gasteiger partial charge >= 0.3 is 0 Å². The smallest absolute Gasteiger partial charge is 0.161 e. The van der Waals surface area contributed by atoms with Crippen molar-refractivity contribution in [1.29, 1.82) is 5.26 Å². The third kappa shape index (κ3) is 3.39. The molecule has 0 aromatic heterocycles. The van der Waals surface area contributed by atoms with Crippen LogP contribution in [0.1, 0.15) is 44.2 Å². The maximum Gasteiger partial charge on any atom is 0.161 e. The number of phenols is 1. The summed E-state index contributed by atoms with van der Waals surface area (Å²) >= 11 is 0. The van der Waals surface area contributed by atoms with Gasteiger partial charge in [-0.3, -0.25) is 5.32 Å². The highest BCUT2D eigenvalue weighted by Gasteiger charge is 2.20. The first-order chi connectivity index (χ1) is 9.24. The minimum Gasteiger partial charge on any atom is -0.504 e. The Morgan fingerprint density at radius 2 is 2.21 bits per heavy atom. The fourth-order valence-corrected chi connectivity index (χ4v) is 2.52. The molecule has 0 spiro atoms. The Morgan fingerprint density at radius 1 is 1.47 bits per heavy atom. The van der Waals surface area contributed by atoms with Gasteiger partial charge < -0.3 is 9.84 Å². The fourth-order valence-electron chi connectivity index (χ4n) is 2.52. The third-order valence-electron chi connectivity index (χ3n) is 3.50. The first kappa shape index (κ1) is 13.7. The van der Waals surface area contributed by atoms with Crippen LogP contribution in [0.5, 0.6) is 11.5 Å². The summed E-state index contributed by atoms with van der Waals surface area (Å²) in [7, 11) is 0. The van der Waals surface area contributed by atoms with Crippen LogP contribution >= 0.6 is 0 Å². The lowest BCUT2D eigenvalue weighted by Crippen LogP contribution is -2.29. The molecular formula is C15H20N2O2. The molecule has 2 N–H and O–H groups in total. The minimum absolute atomic E-state index is 0.114. The average molecular weight is 260 g/mol. The van der Waals surface area contributed by atoms with Gasteiger partial charge in [-0.05, 0) is 37.5 Å². The Labute approximate surface area is 114 Å². The molecule has 0 saturated heterocycles. The predicted octanol–water partition coefficient (Wildman–Crippen LogP) is 2.89. The number of hydrogen-bond donors (Lipinski definition) is 2. The molecule has 1 atom stereocenters. The summed E-state index contributed by atoms with van der Waals surface area (Å²) in [5.74, 6) is 0.552. The number of phenolic OH excluding ortho intramolecular Hbond substituents is 1. The largest absolute Gasteiger partial charge is 0.504 e. The zero-order valence-corrected chi connectivity index (χ0v) is 11.2. The van der Waals surface area contributed by atoms with E-state index in [0.717, 1.165) is 18.4 Å². The number of nitrogens with zero attached hydrogens (tertiary/aromatic N) is 1. The molecule has 0 amide bonds. The van der Waals surface area contributed by atoms with Gasteiger partial charge in [0.25, 0.3) is 0 Å². The lowest BCUT2D eigenvalue weighted by atomic mass is 10.1. The lowest BCUT2D eigenvalue weighted by Gasteiger charge is -2.18. The second kappa shape index (κ2) is 6.44. The number of rotatable bonds is 5. The molecule has 2 rings (SSSR count). The SMILES string of the molecule is CCOc1cc(C(C#N)NC2CCCC2)ccc1O. The monoisotopic (exact) mass is 260 g/mol. The van der Waals surface area contributed by atoms with Gasteiger partial charge in [-0.25, -0.2) is 0 Å². The topological polar surface area (TPSA) is 65.3 Å². The van der Waals surface area contributed by atoms with Crippen molar-refractivity contribution in [3.05, 3.63) is 23.8 Å². The lowest BCUT2D eigenvalue weighted by molar-refractivity contribution is 0.317. The molecular weight excluding hydrogens is 240 g/mol. The maximum atomic E-state index is 9.68. The second-order valence-corrected chi connectivity index (χ2v) is 4.87. The van der Waals surface area contributed by atoms with E-state index in [1.807, 2.05) is 6.92 Å². The third-order valence-corrected chi connectivity index (χ3v) is 3.50. The highest BCUT2D eigenvalue weighted by atomic mass is 16.5. The molecule has 102 valence electrons. The van der Waals surface area contributed by atoms with Crippen LogP contribution in [0.4, 0.5) is 0 Å². The van der Waals surface area contributed by atoms with E-state index < -0.39 is 0 Å². The van der Waals surface area contributed by atoms with Crippen LogP contribution in [0.3, 0.4) is 0 Å². The standard InChI is InChI=1S/C15H20N2O2/c1-2-19-15-9-11(7-8-14(15)18)13(10-16)17-12-5-3-4-6-12/h7-9,12-13,17-18H,2-6H2,1H3. The molecule has 1 aliphatic rings. The van der Waals surface area contributed by atoms with Gasteiger partial charge in [-0.15, -0.1) is 0 Å². The van der Waals surface area contributed by atoms with E-state index in [-0.39, 0.29) is 11.8 Å². The number of aromatic hydroxyl groups is 1.